The Morgan fingerprint density at radius 1 is 1.31 bits per heavy atom. The summed E-state index contributed by atoms with van der Waals surface area (Å²) in [5.74, 6) is -0.351. The van der Waals surface area contributed by atoms with Crippen LogP contribution in [0.15, 0.2) is 18.2 Å². The molecule has 0 heterocycles. The second kappa shape index (κ2) is 5.65. The number of hydrogen-bond acceptors (Lipinski definition) is 1. The van der Waals surface area contributed by atoms with Crippen LogP contribution < -0.4 is 5.32 Å². The fourth-order valence-corrected chi connectivity index (χ4v) is 1.58. The van der Waals surface area contributed by atoms with E-state index in [1.54, 1.807) is 6.07 Å². The molecule has 0 saturated heterocycles. The van der Waals surface area contributed by atoms with Gasteiger partial charge in [-0.05, 0) is 37.5 Å². The van der Waals surface area contributed by atoms with Crippen LogP contribution in [0.1, 0.15) is 39.2 Å². The van der Waals surface area contributed by atoms with Gasteiger partial charge in [0.25, 0.3) is 0 Å². The highest BCUT2D eigenvalue weighted by atomic mass is 35.5. The van der Waals surface area contributed by atoms with E-state index in [2.05, 4.69) is 26.1 Å². The standard InChI is InChI=1S/C13H19ClFN/c1-4-13(3,5-2)16-9-10-6-7-11(14)12(15)8-10/h6-8,16H,4-5,9H2,1-3H3. The van der Waals surface area contributed by atoms with Gasteiger partial charge in [0.1, 0.15) is 5.82 Å². The lowest BCUT2D eigenvalue weighted by Gasteiger charge is -2.28. The average molecular weight is 244 g/mol. The molecular weight excluding hydrogens is 225 g/mol. The van der Waals surface area contributed by atoms with E-state index in [-0.39, 0.29) is 16.4 Å². The number of benzene rings is 1. The van der Waals surface area contributed by atoms with Crippen molar-refractivity contribution in [2.45, 2.75) is 45.7 Å². The summed E-state index contributed by atoms with van der Waals surface area (Å²) in [5, 5.41) is 3.63. The summed E-state index contributed by atoms with van der Waals surface area (Å²) in [6.07, 6.45) is 2.11. The van der Waals surface area contributed by atoms with Gasteiger partial charge in [-0.3, -0.25) is 0 Å². The number of hydrogen-bond donors (Lipinski definition) is 1. The smallest absolute Gasteiger partial charge is 0.142 e. The fraction of sp³-hybridized carbons (Fsp3) is 0.538. The van der Waals surface area contributed by atoms with Gasteiger partial charge in [-0.15, -0.1) is 0 Å². The van der Waals surface area contributed by atoms with E-state index < -0.39 is 0 Å². The molecule has 0 atom stereocenters. The molecule has 1 aromatic carbocycles. The molecule has 0 aromatic heterocycles. The first-order valence-electron chi connectivity index (χ1n) is 5.69. The average Bonchev–Trinajstić information content (AvgIpc) is 2.30. The second-order valence-electron chi connectivity index (χ2n) is 4.37. The van der Waals surface area contributed by atoms with E-state index in [0.717, 1.165) is 18.4 Å². The molecule has 0 aliphatic heterocycles. The van der Waals surface area contributed by atoms with Crippen LogP contribution in [-0.2, 0) is 6.54 Å². The molecule has 3 heteroatoms. The number of rotatable bonds is 5. The number of nitrogens with one attached hydrogen (secondary N) is 1. The minimum atomic E-state index is -0.351. The maximum Gasteiger partial charge on any atom is 0.142 e. The molecule has 0 amide bonds. The molecule has 1 aromatic rings. The van der Waals surface area contributed by atoms with Crippen LogP contribution in [0.25, 0.3) is 0 Å². The van der Waals surface area contributed by atoms with Crippen molar-refractivity contribution in [3.63, 3.8) is 0 Å². The van der Waals surface area contributed by atoms with Crippen molar-refractivity contribution in [3.8, 4) is 0 Å². The summed E-state index contributed by atoms with van der Waals surface area (Å²) < 4.78 is 13.2. The van der Waals surface area contributed by atoms with Crippen molar-refractivity contribution in [3.05, 3.63) is 34.6 Å². The molecule has 0 aliphatic rings. The number of halogens is 2. The summed E-state index contributed by atoms with van der Waals surface area (Å²) >= 11 is 5.63. The third-order valence-electron chi connectivity index (χ3n) is 3.26. The summed E-state index contributed by atoms with van der Waals surface area (Å²) in [6.45, 7) is 7.16. The maximum atomic E-state index is 13.2. The van der Waals surface area contributed by atoms with Crippen LogP contribution >= 0.6 is 11.6 Å². The van der Waals surface area contributed by atoms with Gasteiger partial charge in [-0.1, -0.05) is 31.5 Å². The van der Waals surface area contributed by atoms with Gasteiger partial charge in [0.15, 0.2) is 0 Å². The Labute approximate surface area is 102 Å². The highest BCUT2D eigenvalue weighted by molar-refractivity contribution is 6.30. The molecular formula is C13H19ClFN. The minimum Gasteiger partial charge on any atom is -0.307 e. The first kappa shape index (κ1) is 13.5. The van der Waals surface area contributed by atoms with Gasteiger partial charge >= 0.3 is 0 Å². The van der Waals surface area contributed by atoms with Gasteiger partial charge in [0, 0.05) is 12.1 Å². The van der Waals surface area contributed by atoms with Crippen LogP contribution in [0.4, 0.5) is 4.39 Å². The normalized spacial score (nSPS) is 11.8. The predicted octanol–water partition coefficient (Wildman–Crippen LogP) is 4.15. The van der Waals surface area contributed by atoms with E-state index in [4.69, 9.17) is 11.6 Å². The zero-order valence-corrected chi connectivity index (χ0v) is 10.9. The monoisotopic (exact) mass is 243 g/mol. The molecule has 0 spiro atoms. The molecule has 0 unspecified atom stereocenters. The van der Waals surface area contributed by atoms with Crippen molar-refractivity contribution in [1.82, 2.24) is 5.32 Å². The maximum absolute atomic E-state index is 13.2. The Morgan fingerprint density at radius 2 is 1.94 bits per heavy atom. The lowest BCUT2D eigenvalue weighted by Crippen LogP contribution is -2.40. The molecule has 0 bridgehead atoms. The third kappa shape index (κ3) is 3.46. The third-order valence-corrected chi connectivity index (χ3v) is 3.57. The van der Waals surface area contributed by atoms with E-state index in [1.165, 1.54) is 6.07 Å². The minimum absolute atomic E-state index is 0.121. The molecule has 0 aliphatic carbocycles. The topological polar surface area (TPSA) is 12.0 Å². The Hall–Kier alpha value is -0.600. The fourth-order valence-electron chi connectivity index (χ4n) is 1.47. The molecule has 1 rings (SSSR count). The molecule has 16 heavy (non-hydrogen) atoms. The van der Waals surface area contributed by atoms with Gasteiger partial charge in [-0.25, -0.2) is 4.39 Å². The molecule has 1 N–H and O–H groups in total. The SMILES string of the molecule is CCC(C)(CC)NCc1ccc(Cl)c(F)c1. The zero-order chi connectivity index (χ0) is 12.2. The summed E-state index contributed by atoms with van der Waals surface area (Å²) in [4.78, 5) is 0. The van der Waals surface area contributed by atoms with Crippen LogP contribution in [0.3, 0.4) is 0 Å². The van der Waals surface area contributed by atoms with E-state index in [0.29, 0.717) is 6.54 Å². The Kier molecular flexibility index (Phi) is 4.75. The lowest BCUT2D eigenvalue weighted by molar-refractivity contribution is 0.329. The summed E-state index contributed by atoms with van der Waals surface area (Å²) in [6, 6.07) is 4.94. The van der Waals surface area contributed by atoms with E-state index in [9.17, 15) is 4.39 Å². The first-order valence-corrected chi connectivity index (χ1v) is 6.07. The molecule has 0 saturated carbocycles. The van der Waals surface area contributed by atoms with Gasteiger partial charge in [-0.2, -0.15) is 0 Å². The predicted molar refractivity (Wildman–Crippen MR) is 67.2 cm³/mol. The summed E-state index contributed by atoms with van der Waals surface area (Å²) in [7, 11) is 0. The molecule has 1 nitrogen and oxygen atoms in total. The van der Waals surface area contributed by atoms with Crippen molar-refractivity contribution >= 4 is 11.6 Å². The largest absolute Gasteiger partial charge is 0.307 e. The van der Waals surface area contributed by atoms with E-state index in [1.807, 2.05) is 6.07 Å². The van der Waals surface area contributed by atoms with Gasteiger partial charge in [0.05, 0.1) is 5.02 Å². The molecule has 90 valence electrons. The van der Waals surface area contributed by atoms with Crippen LogP contribution in [0, 0.1) is 5.82 Å². The van der Waals surface area contributed by atoms with Gasteiger partial charge < -0.3 is 5.32 Å². The van der Waals surface area contributed by atoms with Crippen LogP contribution in [-0.4, -0.2) is 5.54 Å². The Morgan fingerprint density at radius 3 is 2.44 bits per heavy atom. The van der Waals surface area contributed by atoms with Crippen molar-refractivity contribution < 1.29 is 4.39 Å². The zero-order valence-electron chi connectivity index (χ0n) is 10.1. The van der Waals surface area contributed by atoms with Gasteiger partial charge in [0.2, 0.25) is 0 Å². The molecule has 0 radical (unpaired) electrons. The second-order valence-corrected chi connectivity index (χ2v) is 4.78. The van der Waals surface area contributed by atoms with Crippen molar-refractivity contribution in [2.24, 2.45) is 0 Å². The lowest BCUT2D eigenvalue weighted by atomic mass is 9.95. The Bertz CT molecular complexity index is 348. The highest BCUT2D eigenvalue weighted by Gasteiger charge is 2.18. The van der Waals surface area contributed by atoms with Crippen LogP contribution in [0.5, 0.6) is 0 Å². The first-order chi connectivity index (χ1) is 7.50. The van der Waals surface area contributed by atoms with Crippen LogP contribution in [0.2, 0.25) is 5.02 Å². The highest BCUT2D eigenvalue weighted by Crippen LogP contribution is 2.18. The van der Waals surface area contributed by atoms with E-state index >= 15 is 0 Å². The molecule has 0 fully saturated rings. The van der Waals surface area contributed by atoms with Crippen molar-refractivity contribution in [2.75, 3.05) is 0 Å². The summed E-state index contributed by atoms with van der Waals surface area (Å²) in [5.41, 5.74) is 1.05. The quantitative estimate of drug-likeness (QED) is 0.819. The Balaban J connectivity index is 2.64. The van der Waals surface area contributed by atoms with Crippen molar-refractivity contribution in [1.29, 1.82) is 0 Å².